The number of hydrogen-bond acceptors (Lipinski definition) is 2. The third-order valence-corrected chi connectivity index (χ3v) is 2.73. The molecule has 0 spiro atoms. The maximum absolute atomic E-state index is 11.9. The van der Waals surface area contributed by atoms with Crippen molar-refractivity contribution in [1.82, 2.24) is 0 Å². The molecule has 0 aliphatic rings. The van der Waals surface area contributed by atoms with Gasteiger partial charge in [-0.2, -0.15) is 0 Å². The van der Waals surface area contributed by atoms with Crippen molar-refractivity contribution in [2.75, 3.05) is 0 Å². The average molecular weight is 246 g/mol. The first-order valence-electron chi connectivity index (χ1n) is 6.31. The van der Waals surface area contributed by atoms with E-state index in [0.717, 1.165) is 24.0 Å². The van der Waals surface area contributed by atoms with Crippen molar-refractivity contribution in [3.63, 3.8) is 0 Å². The van der Waals surface area contributed by atoms with E-state index in [9.17, 15) is 4.79 Å². The number of esters is 1. The molecule has 98 valence electrons. The Morgan fingerprint density at radius 2 is 1.89 bits per heavy atom. The van der Waals surface area contributed by atoms with E-state index >= 15 is 0 Å². The summed E-state index contributed by atoms with van der Waals surface area (Å²) in [5, 5.41) is 0. The van der Waals surface area contributed by atoms with Crippen molar-refractivity contribution in [1.29, 1.82) is 0 Å². The third kappa shape index (κ3) is 4.02. The second-order valence-electron chi connectivity index (χ2n) is 5.53. The SMILES string of the molecule is C=C(CC)Cc1ccccc1OC(=O)C(C)(C)C. The molecule has 0 saturated heterocycles. The molecule has 0 amide bonds. The van der Waals surface area contributed by atoms with Gasteiger partial charge in [-0.15, -0.1) is 0 Å². The van der Waals surface area contributed by atoms with E-state index in [-0.39, 0.29) is 5.97 Å². The van der Waals surface area contributed by atoms with Gasteiger partial charge >= 0.3 is 5.97 Å². The van der Waals surface area contributed by atoms with Gasteiger partial charge < -0.3 is 4.74 Å². The minimum atomic E-state index is -0.491. The lowest BCUT2D eigenvalue weighted by atomic mass is 9.97. The Balaban J connectivity index is 2.89. The number of carbonyl (C=O) groups is 1. The monoisotopic (exact) mass is 246 g/mol. The van der Waals surface area contributed by atoms with Crippen molar-refractivity contribution < 1.29 is 9.53 Å². The summed E-state index contributed by atoms with van der Waals surface area (Å²) in [5.74, 6) is 0.434. The van der Waals surface area contributed by atoms with Crippen molar-refractivity contribution >= 4 is 5.97 Å². The van der Waals surface area contributed by atoms with Crippen LogP contribution < -0.4 is 4.74 Å². The van der Waals surface area contributed by atoms with Crippen LogP contribution in [-0.2, 0) is 11.2 Å². The van der Waals surface area contributed by atoms with Crippen molar-refractivity contribution in [2.24, 2.45) is 5.41 Å². The summed E-state index contributed by atoms with van der Waals surface area (Å²) in [7, 11) is 0. The van der Waals surface area contributed by atoms with E-state index in [4.69, 9.17) is 4.74 Å². The summed E-state index contributed by atoms with van der Waals surface area (Å²) in [6.07, 6.45) is 1.69. The number of allylic oxidation sites excluding steroid dienone is 1. The normalized spacial score (nSPS) is 11.1. The van der Waals surface area contributed by atoms with Gasteiger partial charge in [-0.3, -0.25) is 4.79 Å². The number of ether oxygens (including phenoxy) is 1. The largest absolute Gasteiger partial charge is 0.426 e. The molecule has 0 bridgehead atoms. The van der Waals surface area contributed by atoms with Crippen molar-refractivity contribution in [3.8, 4) is 5.75 Å². The highest BCUT2D eigenvalue weighted by atomic mass is 16.5. The van der Waals surface area contributed by atoms with E-state index in [2.05, 4.69) is 13.5 Å². The van der Waals surface area contributed by atoms with E-state index in [1.807, 2.05) is 45.0 Å². The van der Waals surface area contributed by atoms with Gasteiger partial charge in [0.05, 0.1) is 5.41 Å². The van der Waals surface area contributed by atoms with Gasteiger partial charge in [0.2, 0.25) is 0 Å². The number of rotatable bonds is 4. The van der Waals surface area contributed by atoms with Crippen LogP contribution in [0.25, 0.3) is 0 Å². The van der Waals surface area contributed by atoms with Gasteiger partial charge in [0, 0.05) is 0 Å². The molecule has 0 unspecified atom stereocenters. The van der Waals surface area contributed by atoms with Gasteiger partial charge in [0.15, 0.2) is 0 Å². The van der Waals surface area contributed by atoms with Crippen LogP contribution in [0.4, 0.5) is 0 Å². The Kier molecular flexibility index (Phi) is 4.71. The molecule has 0 saturated carbocycles. The molecule has 0 aromatic heterocycles. The van der Waals surface area contributed by atoms with Crippen LogP contribution in [0.15, 0.2) is 36.4 Å². The highest BCUT2D eigenvalue weighted by Crippen LogP contribution is 2.25. The molecule has 0 fully saturated rings. The van der Waals surface area contributed by atoms with Crippen molar-refractivity contribution in [3.05, 3.63) is 42.0 Å². The molecule has 1 rings (SSSR count). The van der Waals surface area contributed by atoms with Crippen LogP contribution in [0, 0.1) is 5.41 Å². The van der Waals surface area contributed by atoms with Crippen LogP contribution in [-0.4, -0.2) is 5.97 Å². The zero-order valence-electron chi connectivity index (χ0n) is 11.7. The molecule has 1 aromatic rings. The van der Waals surface area contributed by atoms with Gasteiger partial charge in [-0.1, -0.05) is 37.3 Å². The van der Waals surface area contributed by atoms with Gasteiger partial charge in [-0.25, -0.2) is 0 Å². The Labute approximate surface area is 110 Å². The number of benzene rings is 1. The first-order valence-corrected chi connectivity index (χ1v) is 6.31. The molecule has 1 aromatic carbocycles. The lowest BCUT2D eigenvalue weighted by molar-refractivity contribution is -0.143. The van der Waals surface area contributed by atoms with Gasteiger partial charge in [0.1, 0.15) is 5.75 Å². The predicted molar refractivity (Wildman–Crippen MR) is 74.7 cm³/mol. The van der Waals surface area contributed by atoms with E-state index in [0.29, 0.717) is 5.75 Å². The minimum Gasteiger partial charge on any atom is -0.426 e. The first kappa shape index (κ1) is 14.5. The zero-order valence-corrected chi connectivity index (χ0v) is 11.7. The molecule has 0 heterocycles. The Hall–Kier alpha value is -1.57. The maximum atomic E-state index is 11.9. The highest BCUT2D eigenvalue weighted by Gasteiger charge is 2.24. The summed E-state index contributed by atoms with van der Waals surface area (Å²) >= 11 is 0. The molecule has 0 aliphatic heterocycles. The molecule has 0 atom stereocenters. The predicted octanol–water partition coefficient (Wildman–Crippen LogP) is 4.15. The van der Waals surface area contributed by atoms with E-state index < -0.39 is 5.41 Å². The molecule has 0 N–H and O–H groups in total. The fourth-order valence-corrected chi connectivity index (χ4v) is 1.40. The topological polar surface area (TPSA) is 26.3 Å². The summed E-state index contributed by atoms with van der Waals surface area (Å²) in [4.78, 5) is 11.9. The van der Waals surface area contributed by atoms with Crippen LogP contribution in [0.2, 0.25) is 0 Å². The third-order valence-electron chi connectivity index (χ3n) is 2.73. The van der Waals surface area contributed by atoms with E-state index in [1.165, 1.54) is 0 Å². The fraction of sp³-hybridized carbons (Fsp3) is 0.438. The summed E-state index contributed by atoms with van der Waals surface area (Å²) in [6, 6.07) is 7.64. The fourth-order valence-electron chi connectivity index (χ4n) is 1.40. The quantitative estimate of drug-likeness (QED) is 0.453. The lowest BCUT2D eigenvalue weighted by Crippen LogP contribution is -2.26. The zero-order chi connectivity index (χ0) is 13.8. The smallest absolute Gasteiger partial charge is 0.316 e. The van der Waals surface area contributed by atoms with E-state index in [1.54, 1.807) is 0 Å². The standard InChI is InChI=1S/C16H22O2/c1-6-12(2)11-13-9-7-8-10-14(13)18-15(17)16(3,4)5/h7-10H,2,6,11H2,1,3-5H3. The highest BCUT2D eigenvalue weighted by molar-refractivity contribution is 5.78. The number of carbonyl (C=O) groups excluding carboxylic acids is 1. The van der Waals surface area contributed by atoms with Crippen molar-refractivity contribution in [2.45, 2.75) is 40.5 Å². The maximum Gasteiger partial charge on any atom is 0.316 e. The lowest BCUT2D eigenvalue weighted by Gasteiger charge is -2.18. The first-order chi connectivity index (χ1) is 8.34. The Morgan fingerprint density at radius 3 is 2.44 bits per heavy atom. The summed E-state index contributed by atoms with van der Waals surface area (Å²) < 4.78 is 5.48. The van der Waals surface area contributed by atoms with Crippen LogP contribution in [0.3, 0.4) is 0 Å². The summed E-state index contributed by atoms with van der Waals surface area (Å²) in [6.45, 7) is 11.6. The minimum absolute atomic E-state index is 0.211. The number of para-hydroxylation sites is 1. The Morgan fingerprint density at radius 1 is 1.28 bits per heavy atom. The molecule has 0 aliphatic carbocycles. The van der Waals surface area contributed by atoms with Gasteiger partial charge in [-0.05, 0) is 45.2 Å². The summed E-state index contributed by atoms with van der Waals surface area (Å²) in [5.41, 5.74) is 1.66. The second-order valence-corrected chi connectivity index (χ2v) is 5.53. The van der Waals surface area contributed by atoms with Crippen LogP contribution in [0.5, 0.6) is 5.75 Å². The molecule has 18 heavy (non-hydrogen) atoms. The second kappa shape index (κ2) is 5.85. The molecule has 2 heteroatoms. The average Bonchev–Trinajstić information content (AvgIpc) is 2.30. The van der Waals surface area contributed by atoms with Gasteiger partial charge in [0.25, 0.3) is 0 Å². The number of hydrogen-bond donors (Lipinski definition) is 0. The molecular weight excluding hydrogens is 224 g/mol. The van der Waals surface area contributed by atoms with Crippen LogP contribution >= 0.6 is 0 Å². The molecular formula is C16H22O2. The van der Waals surface area contributed by atoms with Crippen LogP contribution in [0.1, 0.15) is 39.7 Å². The Bertz CT molecular complexity index is 439. The molecule has 0 radical (unpaired) electrons. The molecule has 2 nitrogen and oxygen atoms in total.